The number of hydrogen-bond donors (Lipinski definition) is 2. The second-order valence-corrected chi connectivity index (χ2v) is 8.03. The molecule has 2 N–H and O–H groups in total. The van der Waals surface area contributed by atoms with E-state index < -0.39 is 23.7 Å². The summed E-state index contributed by atoms with van der Waals surface area (Å²) in [5, 5.41) is 4.09. The van der Waals surface area contributed by atoms with E-state index in [2.05, 4.69) is 15.3 Å². The molecule has 0 spiro atoms. The molecule has 7 nitrogen and oxygen atoms in total. The van der Waals surface area contributed by atoms with Gasteiger partial charge in [0.05, 0.1) is 11.8 Å². The standard InChI is InChI=1S/C20H24F2N4O3/c1-11(2)29-19(28)14-9-24-17-13(5-6-23-17)16(14)25-12-4-3-7-26(10-12)18(27)15-8-20(15,21)22/h5-6,9,11-12,15H,3-4,7-8,10H2,1-2H3,(H2,23,24,25)/t12?,15-/m1/s1. The van der Waals surface area contributed by atoms with Gasteiger partial charge in [-0.1, -0.05) is 0 Å². The summed E-state index contributed by atoms with van der Waals surface area (Å²) < 4.78 is 31.9. The molecule has 4 rings (SSSR count). The topological polar surface area (TPSA) is 87.3 Å². The molecule has 0 radical (unpaired) electrons. The van der Waals surface area contributed by atoms with Crippen molar-refractivity contribution in [2.45, 2.75) is 51.2 Å². The molecule has 2 aliphatic rings. The number of piperidine rings is 1. The van der Waals surface area contributed by atoms with Crippen LogP contribution in [-0.4, -0.2) is 57.9 Å². The van der Waals surface area contributed by atoms with Gasteiger partial charge < -0.3 is 19.9 Å². The maximum absolute atomic E-state index is 13.3. The molecule has 29 heavy (non-hydrogen) atoms. The maximum Gasteiger partial charge on any atom is 0.342 e. The van der Waals surface area contributed by atoms with E-state index in [0.717, 1.165) is 11.8 Å². The van der Waals surface area contributed by atoms with Crippen LogP contribution in [0.2, 0.25) is 0 Å². The highest BCUT2D eigenvalue weighted by atomic mass is 19.3. The fraction of sp³-hybridized carbons (Fsp3) is 0.550. The molecule has 3 heterocycles. The first kappa shape index (κ1) is 19.6. The number of ether oxygens (including phenoxy) is 1. The lowest BCUT2D eigenvalue weighted by molar-refractivity contribution is -0.135. The van der Waals surface area contributed by atoms with Gasteiger partial charge in [-0.15, -0.1) is 0 Å². The SMILES string of the molecule is CC(C)OC(=O)c1cnc2[nH]ccc2c1NC1CCCN(C(=O)[C@H]2CC2(F)F)C1. The van der Waals surface area contributed by atoms with Crippen LogP contribution in [0.4, 0.5) is 14.5 Å². The molecule has 2 aromatic heterocycles. The highest BCUT2D eigenvalue weighted by Crippen LogP contribution is 2.49. The van der Waals surface area contributed by atoms with Crippen LogP contribution in [0.15, 0.2) is 18.5 Å². The number of rotatable bonds is 5. The van der Waals surface area contributed by atoms with Crippen LogP contribution in [0.3, 0.4) is 0 Å². The van der Waals surface area contributed by atoms with Crippen molar-refractivity contribution in [1.29, 1.82) is 0 Å². The van der Waals surface area contributed by atoms with Crippen molar-refractivity contribution in [2.75, 3.05) is 18.4 Å². The molecular formula is C20H24F2N4O3. The van der Waals surface area contributed by atoms with Gasteiger partial charge in [0.1, 0.15) is 17.1 Å². The van der Waals surface area contributed by atoms with Crippen molar-refractivity contribution in [1.82, 2.24) is 14.9 Å². The number of H-pyrrole nitrogens is 1. The lowest BCUT2D eigenvalue weighted by Crippen LogP contribution is -2.46. The second-order valence-electron chi connectivity index (χ2n) is 8.03. The third kappa shape index (κ3) is 3.90. The van der Waals surface area contributed by atoms with Crippen molar-refractivity contribution < 1.29 is 23.1 Å². The average Bonchev–Trinajstić information content (AvgIpc) is 3.07. The van der Waals surface area contributed by atoms with E-state index in [0.29, 0.717) is 36.4 Å². The number of likely N-dealkylation sites (tertiary alicyclic amines) is 1. The summed E-state index contributed by atoms with van der Waals surface area (Å²) in [5.74, 6) is -5.02. The number of halogens is 2. The van der Waals surface area contributed by atoms with Gasteiger partial charge in [-0.25, -0.2) is 18.6 Å². The number of anilines is 1. The van der Waals surface area contributed by atoms with E-state index in [1.807, 2.05) is 6.07 Å². The van der Waals surface area contributed by atoms with Gasteiger partial charge >= 0.3 is 5.97 Å². The molecule has 1 aliphatic carbocycles. The number of carbonyl (C=O) groups is 2. The smallest absolute Gasteiger partial charge is 0.342 e. The van der Waals surface area contributed by atoms with Gasteiger partial charge in [-0.3, -0.25) is 4.79 Å². The Hall–Kier alpha value is -2.71. The molecule has 1 saturated carbocycles. The van der Waals surface area contributed by atoms with Crippen LogP contribution in [-0.2, 0) is 9.53 Å². The lowest BCUT2D eigenvalue weighted by atomic mass is 10.0. The van der Waals surface area contributed by atoms with Gasteiger partial charge in [0.25, 0.3) is 5.92 Å². The highest BCUT2D eigenvalue weighted by molar-refractivity contribution is 6.04. The minimum Gasteiger partial charge on any atom is -0.459 e. The summed E-state index contributed by atoms with van der Waals surface area (Å²) in [6.45, 7) is 4.33. The predicted molar refractivity (Wildman–Crippen MR) is 103 cm³/mol. The predicted octanol–water partition coefficient (Wildman–Crippen LogP) is 3.19. The van der Waals surface area contributed by atoms with E-state index in [9.17, 15) is 18.4 Å². The second kappa shape index (κ2) is 7.27. The third-order valence-electron chi connectivity index (χ3n) is 5.35. The number of nitrogens with one attached hydrogen (secondary N) is 2. The number of nitrogens with zero attached hydrogens (tertiary/aromatic N) is 2. The summed E-state index contributed by atoms with van der Waals surface area (Å²) in [4.78, 5) is 33.7. The van der Waals surface area contributed by atoms with Crippen molar-refractivity contribution in [3.63, 3.8) is 0 Å². The Kier molecular flexibility index (Phi) is 4.92. The highest BCUT2D eigenvalue weighted by Gasteiger charge is 2.62. The zero-order chi connectivity index (χ0) is 20.8. The van der Waals surface area contributed by atoms with Crippen LogP contribution in [0.1, 0.15) is 43.5 Å². The molecule has 0 bridgehead atoms. The van der Waals surface area contributed by atoms with Gasteiger partial charge in [0.15, 0.2) is 0 Å². The van der Waals surface area contributed by atoms with Crippen molar-refractivity contribution in [3.8, 4) is 0 Å². The molecular weight excluding hydrogens is 382 g/mol. The van der Waals surface area contributed by atoms with Crippen molar-refractivity contribution in [3.05, 3.63) is 24.0 Å². The van der Waals surface area contributed by atoms with Gasteiger partial charge in [-0.2, -0.15) is 0 Å². The molecule has 2 aromatic rings. The Labute approximate surface area is 166 Å². The number of alkyl halides is 2. The number of carbonyl (C=O) groups excluding carboxylic acids is 2. The Morgan fingerprint density at radius 2 is 2.17 bits per heavy atom. The first-order chi connectivity index (χ1) is 13.8. The number of hydrogen-bond acceptors (Lipinski definition) is 5. The zero-order valence-electron chi connectivity index (χ0n) is 16.4. The Bertz CT molecular complexity index is 943. The number of aromatic nitrogens is 2. The summed E-state index contributed by atoms with van der Waals surface area (Å²) in [6.07, 6.45) is 4.02. The zero-order valence-corrected chi connectivity index (χ0v) is 16.4. The van der Waals surface area contributed by atoms with Gasteiger partial charge in [-0.05, 0) is 32.8 Å². The maximum atomic E-state index is 13.3. The average molecular weight is 406 g/mol. The molecule has 2 fully saturated rings. The Balaban J connectivity index is 1.56. The van der Waals surface area contributed by atoms with E-state index in [-0.39, 0.29) is 18.6 Å². The van der Waals surface area contributed by atoms with Gasteiger partial charge in [0.2, 0.25) is 5.91 Å². The number of pyridine rings is 1. The molecule has 1 unspecified atom stereocenters. The van der Waals surface area contributed by atoms with Crippen LogP contribution in [0.25, 0.3) is 11.0 Å². The first-order valence-electron chi connectivity index (χ1n) is 9.86. The number of aromatic amines is 1. The summed E-state index contributed by atoms with van der Waals surface area (Å²) >= 11 is 0. The van der Waals surface area contributed by atoms with E-state index >= 15 is 0 Å². The third-order valence-corrected chi connectivity index (χ3v) is 5.35. The molecule has 1 saturated heterocycles. The van der Waals surface area contributed by atoms with Crippen LogP contribution in [0, 0.1) is 5.92 Å². The van der Waals surface area contributed by atoms with Crippen LogP contribution >= 0.6 is 0 Å². The van der Waals surface area contributed by atoms with Crippen molar-refractivity contribution in [2.24, 2.45) is 5.92 Å². The quantitative estimate of drug-likeness (QED) is 0.745. The fourth-order valence-corrected chi connectivity index (χ4v) is 3.80. The molecule has 9 heteroatoms. The summed E-state index contributed by atoms with van der Waals surface area (Å²) in [5.41, 5.74) is 1.51. The molecule has 1 amide bonds. The first-order valence-corrected chi connectivity index (χ1v) is 9.86. The lowest BCUT2D eigenvalue weighted by Gasteiger charge is -2.34. The minimum absolute atomic E-state index is 0.161. The molecule has 156 valence electrons. The number of fused-ring (bicyclic) bond motifs is 1. The number of esters is 1. The summed E-state index contributed by atoms with van der Waals surface area (Å²) in [7, 11) is 0. The van der Waals surface area contributed by atoms with E-state index in [1.54, 1.807) is 20.0 Å². The largest absolute Gasteiger partial charge is 0.459 e. The van der Waals surface area contributed by atoms with E-state index in [4.69, 9.17) is 4.74 Å². The van der Waals surface area contributed by atoms with Crippen LogP contribution in [0.5, 0.6) is 0 Å². The summed E-state index contributed by atoms with van der Waals surface area (Å²) in [6, 6.07) is 1.65. The normalized spacial score (nSPS) is 23.3. The molecule has 2 atom stereocenters. The Morgan fingerprint density at radius 3 is 2.86 bits per heavy atom. The van der Waals surface area contributed by atoms with Gasteiger partial charge in [0, 0.05) is 43.3 Å². The monoisotopic (exact) mass is 406 g/mol. The van der Waals surface area contributed by atoms with Crippen LogP contribution < -0.4 is 5.32 Å². The van der Waals surface area contributed by atoms with Crippen molar-refractivity contribution >= 4 is 28.6 Å². The Morgan fingerprint density at radius 1 is 1.41 bits per heavy atom. The van der Waals surface area contributed by atoms with E-state index in [1.165, 1.54) is 11.1 Å². The number of amides is 1. The molecule has 0 aromatic carbocycles. The fourth-order valence-electron chi connectivity index (χ4n) is 3.80. The molecule has 1 aliphatic heterocycles. The minimum atomic E-state index is -2.87.